The van der Waals surface area contributed by atoms with E-state index in [2.05, 4.69) is 0 Å². The number of hydrogen-bond donors (Lipinski definition) is 1. The normalized spacial score (nSPS) is 18.2. The molecule has 1 aliphatic heterocycles. The lowest BCUT2D eigenvalue weighted by atomic mass is 9.92. The van der Waals surface area contributed by atoms with Crippen molar-refractivity contribution in [3.8, 4) is 0 Å². The van der Waals surface area contributed by atoms with E-state index in [1.54, 1.807) is 11.8 Å². The summed E-state index contributed by atoms with van der Waals surface area (Å²) in [4.78, 5) is 28.4. The lowest BCUT2D eigenvalue weighted by molar-refractivity contribution is -0.146. The van der Waals surface area contributed by atoms with E-state index in [0.717, 1.165) is 5.56 Å². The fourth-order valence-electron chi connectivity index (χ4n) is 2.94. The highest BCUT2D eigenvalue weighted by atomic mass is 16.3. The maximum atomic E-state index is 12.5. The Morgan fingerprint density at radius 3 is 1.96 bits per heavy atom. The molecule has 1 fully saturated rings. The molecule has 2 amide bonds. The van der Waals surface area contributed by atoms with Crippen LogP contribution < -0.4 is 0 Å². The van der Waals surface area contributed by atoms with E-state index in [1.807, 2.05) is 56.0 Å². The van der Waals surface area contributed by atoms with Crippen molar-refractivity contribution in [2.24, 2.45) is 5.41 Å². The van der Waals surface area contributed by atoms with Crippen molar-refractivity contribution in [3.63, 3.8) is 0 Å². The maximum absolute atomic E-state index is 12.5. The lowest BCUT2D eigenvalue weighted by Crippen LogP contribution is -2.53. The molecular weight excluding hydrogens is 304 g/mol. The van der Waals surface area contributed by atoms with Gasteiger partial charge in [-0.3, -0.25) is 9.59 Å². The van der Waals surface area contributed by atoms with Gasteiger partial charge in [-0.25, -0.2) is 0 Å². The predicted molar refractivity (Wildman–Crippen MR) is 93.2 cm³/mol. The van der Waals surface area contributed by atoms with Crippen LogP contribution in [-0.2, 0) is 15.2 Å². The molecule has 0 saturated carbocycles. The zero-order valence-corrected chi connectivity index (χ0v) is 15.1. The van der Waals surface area contributed by atoms with Crippen LogP contribution in [0.1, 0.15) is 39.7 Å². The molecule has 0 radical (unpaired) electrons. The summed E-state index contributed by atoms with van der Waals surface area (Å²) in [6.07, 6.45) is 0.0459. The van der Waals surface area contributed by atoms with Crippen LogP contribution >= 0.6 is 0 Å². The molecule has 1 aliphatic rings. The predicted octanol–water partition coefficient (Wildman–Crippen LogP) is 2.00. The van der Waals surface area contributed by atoms with Crippen LogP contribution in [0.5, 0.6) is 0 Å². The number of hydrogen-bond acceptors (Lipinski definition) is 3. The maximum Gasteiger partial charge on any atom is 0.228 e. The highest BCUT2D eigenvalue weighted by Crippen LogP contribution is 2.25. The Bertz CT molecular complexity index is 582. The Morgan fingerprint density at radius 2 is 1.46 bits per heavy atom. The van der Waals surface area contributed by atoms with Crippen molar-refractivity contribution in [3.05, 3.63) is 35.9 Å². The van der Waals surface area contributed by atoms with Gasteiger partial charge in [0.15, 0.2) is 0 Å². The number of benzene rings is 1. The van der Waals surface area contributed by atoms with Gasteiger partial charge in [-0.2, -0.15) is 0 Å². The van der Waals surface area contributed by atoms with Crippen LogP contribution in [0.3, 0.4) is 0 Å². The minimum atomic E-state index is -1.18. The summed E-state index contributed by atoms with van der Waals surface area (Å²) in [5.74, 6) is 0.0394. The summed E-state index contributed by atoms with van der Waals surface area (Å²) in [5, 5.41) is 10.6. The number of carbonyl (C=O) groups excluding carboxylic acids is 2. The van der Waals surface area contributed by atoms with Gasteiger partial charge in [-0.05, 0) is 12.5 Å². The fourth-order valence-corrected chi connectivity index (χ4v) is 2.94. The first-order valence-corrected chi connectivity index (χ1v) is 8.46. The molecule has 1 atom stereocenters. The molecule has 24 heavy (non-hydrogen) atoms. The minimum absolute atomic E-state index is 0.0459. The van der Waals surface area contributed by atoms with Gasteiger partial charge < -0.3 is 14.9 Å². The number of nitrogens with zero attached hydrogens (tertiary/aromatic N) is 2. The van der Waals surface area contributed by atoms with Gasteiger partial charge in [-0.1, -0.05) is 51.1 Å². The summed E-state index contributed by atoms with van der Waals surface area (Å²) in [6.45, 7) is 9.53. The standard InChI is InChI=1S/C19H28N2O3/c1-18(2,3)17(23)21-12-10-20(11-13-21)16(22)14-19(4,24)15-8-6-5-7-9-15/h5-9,24H,10-14H2,1-4H3. The highest BCUT2D eigenvalue weighted by Gasteiger charge is 2.33. The summed E-state index contributed by atoms with van der Waals surface area (Å²) < 4.78 is 0. The third-order valence-electron chi connectivity index (χ3n) is 4.45. The molecule has 2 rings (SSSR count). The zero-order valence-electron chi connectivity index (χ0n) is 15.1. The van der Waals surface area contributed by atoms with Gasteiger partial charge in [0.25, 0.3) is 0 Å². The molecule has 0 spiro atoms. The van der Waals surface area contributed by atoms with Crippen LogP contribution in [0.25, 0.3) is 0 Å². The second-order valence-electron chi connectivity index (χ2n) is 7.74. The van der Waals surface area contributed by atoms with Crippen LogP contribution in [0.15, 0.2) is 30.3 Å². The average molecular weight is 332 g/mol. The van der Waals surface area contributed by atoms with E-state index in [-0.39, 0.29) is 18.2 Å². The number of amides is 2. The molecule has 1 heterocycles. The van der Waals surface area contributed by atoms with E-state index in [9.17, 15) is 14.7 Å². The summed E-state index contributed by atoms with van der Waals surface area (Å²) >= 11 is 0. The number of aliphatic hydroxyl groups is 1. The molecule has 132 valence electrons. The summed E-state index contributed by atoms with van der Waals surface area (Å²) in [7, 11) is 0. The third kappa shape index (κ3) is 4.35. The van der Waals surface area contributed by atoms with Crippen LogP contribution in [-0.4, -0.2) is 52.9 Å². The molecular formula is C19H28N2O3. The van der Waals surface area contributed by atoms with Gasteiger partial charge in [0, 0.05) is 31.6 Å². The first-order chi connectivity index (χ1) is 11.1. The van der Waals surface area contributed by atoms with Gasteiger partial charge in [0.05, 0.1) is 12.0 Å². The van der Waals surface area contributed by atoms with E-state index in [4.69, 9.17) is 0 Å². The molecule has 0 bridgehead atoms. The molecule has 1 N–H and O–H groups in total. The molecule has 1 aromatic carbocycles. The molecule has 0 aliphatic carbocycles. The van der Waals surface area contributed by atoms with Crippen molar-refractivity contribution in [2.45, 2.75) is 39.7 Å². The molecule has 1 saturated heterocycles. The number of piperazine rings is 1. The minimum Gasteiger partial charge on any atom is -0.385 e. The monoisotopic (exact) mass is 332 g/mol. The molecule has 5 heteroatoms. The topological polar surface area (TPSA) is 60.9 Å². The van der Waals surface area contributed by atoms with Crippen LogP contribution in [0, 0.1) is 5.41 Å². The van der Waals surface area contributed by atoms with Crippen molar-refractivity contribution < 1.29 is 14.7 Å². The van der Waals surface area contributed by atoms with Gasteiger partial charge in [0.1, 0.15) is 0 Å². The second kappa shape index (κ2) is 6.93. The Labute approximate surface area is 144 Å². The van der Waals surface area contributed by atoms with Gasteiger partial charge >= 0.3 is 0 Å². The summed E-state index contributed by atoms with van der Waals surface area (Å²) in [5.41, 5.74) is -0.847. The first kappa shape index (κ1) is 18.5. The van der Waals surface area contributed by atoms with E-state index in [0.29, 0.717) is 26.2 Å². The largest absolute Gasteiger partial charge is 0.385 e. The van der Waals surface area contributed by atoms with E-state index in [1.165, 1.54) is 0 Å². The van der Waals surface area contributed by atoms with Gasteiger partial charge in [0.2, 0.25) is 11.8 Å². The molecule has 1 unspecified atom stereocenters. The number of rotatable bonds is 3. The third-order valence-corrected chi connectivity index (χ3v) is 4.45. The molecule has 1 aromatic rings. The smallest absolute Gasteiger partial charge is 0.228 e. The van der Waals surface area contributed by atoms with E-state index >= 15 is 0 Å². The Hall–Kier alpha value is -1.88. The molecule has 0 aromatic heterocycles. The first-order valence-electron chi connectivity index (χ1n) is 8.46. The Balaban J connectivity index is 1.93. The highest BCUT2D eigenvalue weighted by molar-refractivity contribution is 5.82. The van der Waals surface area contributed by atoms with E-state index < -0.39 is 11.0 Å². The van der Waals surface area contributed by atoms with Crippen LogP contribution in [0.2, 0.25) is 0 Å². The lowest BCUT2D eigenvalue weighted by Gasteiger charge is -2.38. The average Bonchev–Trinajstić information content (AvgIpc) is 2.54. The summed E-state index contributed by atoms with van der Waals surface area (Å²) in [6, 6.07) is 9.24. The van der Waals surface area contributed by atoms with Crippen molar-refractivity contribution in [2.75, 3.05) is 26.2 Å². The van der Waals surface area contributed by atoms with Crippen molar-refractivity contribution in [1.82, 2.24) is 9.80 Å². The fraction of sp³-hybridized carbons (Fsp3) is 0.579. The molecule has 5 nitrogen and oxygen atoms in total. The number of carbonyl (C=O) groups is 2. The SMILES string of the molecule is CC(C)(C)C(=O)N1CCN(C(=O)CC(C)(O)c2ccccc2)CC1. The van der Waals surface area contributed by atoms with Crippen LogP contribution in [0.4, 0.5) is 0 Å². The Morgan fingerprint density at radius 1 is 0.958 bits per heavy atom. The quantitative estimate of drug-likeness (QED) is 0.921. The second-order valence-corrected chi connectivity index (χ2v) is 7.74. The zero-order chi connectivity index (χ0) is 18.0. The van der Waals surface area contributed by atoms with Crippen molar-refractivity contribution in [1.29, 1.82) is 0 Å². The van der Waals surface area contributed by atoms with Gasteiger partial charge in [-0.15, -0.1) is 0 Å². The van der Waals surface area contributed by atoms with Crippen molar-refractivity contribution >= 4 is 11.8 Å². The Kier molecular flexibility index (Phi) is 5.33.